The van der Waals surface area contributed by atoms with Crippen LogP contribution >= 0.6 is 8.53 Å². The number of nitrogens with zero attached hydrogens (tertiary/aromatic N) is 5. The van der Waals surface area contributed by atoms with Crippen LogP contribution in [0.3, 0.4) is 0 Å². The fraction of sp³-hybridized carbons (Fsp3) is 0.333. The normalized spacial score (nSPS) is 25.5. The summed E-state index contributed by atoms with van der Waals surface area (Å²) in [6.07, 6.45) is 4.37. The van der Waals surface area contributed by atoms with Crippen molar-refractivity contribution < 1.29 is 23.7 Å². The molecule has 49 heavy (non-hydrogen) atoms. The maximum Gasteiger partial charge on any atom is 0.259 e. The molecule has 0 saturated carbocycles. The molecule has 11 nitrogen and oxygen atoms in total. The zero-order valence-electron chi connectivity index (χ0n) is 27.2. The lowest BCUT2D eigenvalue weighted by Crippen LogP contribution is -2.58. The molecule has 13 heteroatoms. The van der Waals surface area contributed by atoms with Crippen molar-refractivity contribution in [1.82, 2.24) is 24.2 Å². The second-order valence-electron chi connectivity index (χ2n) is 13.1. The predicted molar refractivity (Wildman–Crippen MR) is 190 cm³/mol. The minimum Gasteiger partial charge on any atom is -0.394 e. The fourth-order valence-electron chi connectivity index (χ4n) is 7.47. The number of aliphatic hydroxyl groups excluding tert-OH is 1. The van der Waals surface area contributed by atoms with Gasteiger partial charge < -0.3 is 24.2 Å². The number of fused-ring (bicyclic) bond motifs is 2. The molecule has 8 rings (SSSR count). The summed E-state index contributed by atoms with van der Waals surface area (Å²) in [6.45, 7) is 3.20. The molecule has 0 bridgehead atoms. The molecule has 0 aliphatic carbocycles. The van der Waals surface area contributed by atoms with Crippen LogP contribution in [0.2, 0.25) is 12.6 Å². The Morgan fingerprint density at radius 3 is 2.37 bits per heavy atom. The van der Waals surface area contributed by atoms with Gasteiger partial charge in [0.2, 0.25) is 0 Å². The molecule has 0 spiro atoms. The van der Waals surface area contributed by atoms with Crippen molar-refractivity contribution >= 4 is 49.9 Å². The average Bonchev–Trinajstić information content (AvgIpc) is 3.95. The Labute approximate surface area is 287 Å². The van der Waals surface area contributed by atoms with E-state index < -0.39 is 28.9 Å². The van der Waals surface area contributed by atoms with Crippen LogP contribution < -0.4 is 15.7 Å². The molecule has 3 aromatic carbocycles. The van der Waals surface area contributed by atoms with E-state index in [1.165, 1.54) is 16.7 Å². The van der Waals surface area contributed by atoms with Crippen LogP contribution in [-0.4, -0.2) is 80.8 Å². The van der Waals surface area contributed by atoms with Crippen molar-refractivity contribution in [3.05, 3.63) is 109 Å². The lowest BCUT2D eigenvalue weighted by molar-refractivity contribution is -0.0400. The maximum atomic E-state index is 12.8. The van der Waals surface area contributed by atoms with Crippen molar-refractivity contribution in [1.29, 1.82) is 0 Å². The molecule has 0 radical (unpaired) electrons. The Balaban J connectivity index is 0.997. The highest BCUT2D eigenvalue weighted by Crippen LogP contribution is 2.58. The molecule has 0 unspecified atom stereocenters. The van der Waals surface area contributed by atoms with Crippen LogP contribution in [0.25, 0.3) is 11.2 Å². The Morgan fingerprint density at radius 2 is 1.67 bits per heavy atom. The van der Waals surface area contributed by atoms with Crippen molar-refractivity contribution in [2.45, 2.75) is 62.4 Å². The van der Waals surface area contributed by atoms with Gasteiger partial charge in [-0.2, -0.15) is 0 Å². The number of hydrogen-bond acceptors (Lipinski definition) is 9. The summed E-state index contributed by atoms with van der Waals surface area (Å²) in [5.41, 5.74) is 1.49. The van der Waals surface area contributed by atoms with E-state index in [2.05, 4.69) is 92.1 Å². The third-order valence-electron chi connectivity index (χ3n) is 10.1. The lowest BCUT2D eigenvalue weighted by atomic mass is 10.1. The van der Waals surface area contributed by atoms with Crippen LogP contribution in [0.5, 0.6) is 0 Å². The van der Waals surface area contributed by atoms with E-state index in [1.807, 2.05) is 22.8 Å². The number of ether oxygens (including phenoxy) is 1. The molecule has 2 aromatic heterocycles. The van der Waals surface area contributed by atoms with Gasteiger partial charge in [0.15, 0.2) is 17.0 Å². The summed E-state index contributed by atoms with van der Waals surface area (Å²) in [5.74, 6) is 0.0339. The average molecular weight is 695 g/mol. The van der Waals surface area contributed by atoms with Gasteiger partial charge in [0.1, 0.15) is 26.7 Å². The molecule has 6 atom stereocenters. The number of benzene rings is 3. The number of hydrogen-bond donors (Lipinski definition) is 2. The molecule has 3 fully saturated rings. The van der Waals surface area contributed by atoms with E-state index in [1.54, 1.807) is 18.5 Å². The quantitative estimate of drug-likeness (QED) is 0.158. The van der Waals surface area contributed by atoms with Gasteiger partial charge >= 0.3 is 0 Å². The molecule has 5 heterocycles. The van der Waals surface area contributed by atoms with E-state index in [0.29, 0.717) is 35.0 Å². The van der Waals surface area contributed by atoms with Gasteiger partial charge in [0, 0.05) is 24.6 Å². The molecular formula is C36H39N6O5PSi. The first-order valence-electron chi connectivity index (χ1n) is 16.8. The zero-order valence-corrected chi connectivity index (χ0v) is 29.1. The minimum absolute atomic E-state index is 0.0511. The summed E-state index contributed by atoms with van der Waals surface area (Å²) >= 11 is 0. The Bertz CT molecular complexity index is 1860. The Kier molecular flexibility index (Phi) is 9.11. The summed E-state index contributed by atoms with van der Waals surface area (Å²) in [7, 11) is -3.48. The molecule has 5 aromatic rings. The molecule has 3 aliphatic rings. The highest BCUT2D eigenvalue weighted by atomic mass is 31.2. The van der Waals surface area contributed by atoms with E-state index in [4.69, 9.17) is 13.8 Å². The van der Waals surface area contributed by atoms with Gasteiger partial charge in [-0.05, 0) is 31.0 Å². The maximum absolute atomic E-state index is 12.8. The van der Waals surface area contributed by atoms with Gasteiger partial charge in [-0.3, -0.25) is 9.36 Å². The molecule has 3 aliphatic heterocycles. The van der Waals surface area contributed by atoms with E-state index in [-0.39, 0.29) is 24.7 Å². The number of imidazole rings is 1. The Hall–Kier alpha value is -3.87. The number of carbonyl (C=O) groups excluding carboxylic acids is 1. The molecule has 3 saturated heterocycles. The van der Waals surface area contributed by atoms with Crippen LogP contribution in [0.15, 0.2) is 104 Å². The largest absolute Gasteiger partial charge is 0.394 e. The summed E-state index contributed by atoms with van der Waals surface area (Å²) < 4.78 is 24.3. The highest BCUT2D eigenvalue weighted by molar-refractivity contribution is 7.45. The second kappa shape index (κ2) is 13.8. The molecule has 2 N–H and O–H groups in total. The SMILES string of the molecule is C[Si](C[C@@H]1O[P@@](O[C@@H]2C[C@H](n3cnc4c(NC(=O)c5ccccc5)ncnc43)O[C@@H]2CO)N2CCC[C@H]12)(c1ccccc1)c1ccccc1. The summed E-state index contributed by atoms with van der Waals surface area (Å²) in [6, 6.07) is 32.0. The van der Waals surface area contributed by atoms with Gasteiger partial charge in [-0.25, -0.2) is 19.6 Å². The number of aromatic nitrogens is 4. The van der Waals surface area contributed by atoms with Crippen molar-refractivity contribution in [2.75, 3.05) is 18.5 Å². The van der Waals surface area contributed by atoms with E-state index in [9.17, 15) is 9.90 Å². The third-order valence-corrected chi connectivity index (χ3v) is 16.3. The summed E-state index contributed by atoms with van der Waals surface area (Å²) in [5, 5.41) is 16.0. The molecule has 1 amide bonds. The first-order valence-corrected chi connectivity index (χ1v) is 20.7. The van der Waals surface area contributed by atoms with Gasteiger partial charge in [0.05, 0.1) is 25.1 Å². The number of amides is 1. The van der Waals surface area contributed by atoms with Gasteiger partial charge in [0.25, 0.3) is 14.4 Å². The van der Waals surface area contributed by atoms with Crippen LogP contribution in [0, 0.1) is 0 Å². The van der Waals surface area contributed by atoms with Gasteiger partial charge in [-0.15, -0.1) is 0 Å². The lowest BCUT2D eigenvalue weighted by Gasteiger charge is -2.32. The fourth-order valence-corrected chi connectivity index (χ4v) is 13.4. The third kappa shape index (κ3) is 6.23. The highest BCUT2D eigenvalue weighted by Gasteiger charge is 2.52. The molecule has 252 valence electrons. The first kappa shape index (κ1) is 32.3. The van der Waals surface area contributed by atoms with Crippen LogP contribution in [-0.2, 0) is 13.8 Å². The predicted octanol–water partition coefficient (Wildman–Crippen LogP) is 4.73. The van der Waals surface area contributed by atoms with Gasteiger partial charge in [-0.1, -0.05) is 95.8 Å². The number of anilines is 1. The zero-order chi connectivity index (χ0) is 33.4. The van der Waals surface area contributed by atoms with Crippen molar-refractivity contribution in [2.24, 2.45) is 0 Å². The van der Waals surface area contributed by atoms with E-state index in [0.717, 1.165) is 25.4 Å². The van der Waals surface area contributed by atoms with Crippen LogP contribution in [0.1, 0.15) is 35.8 Å². The van der Waals surface area contributed by atoms with Crippen molar-refractivity contribution in [3.63, 3.8) is 0 Å². The summed E-state index contributed by atoms with van der Waals surface area (Å²) in [4.78, 5) is 26.1. The standard InChI is InChI=1S/C36H39N6O5PSi/c1-49(26-14-7-3-8-15-26,27-16-9-4-10-17-27)22-31-28-18-11-19-42(28)48(47-31)46-29-20-32(45-30(29)21-43)41-24-39-33-34(37-23-38-35(33)41)40-36(44)25-12-5-2-6-13-25/h2-10,12-17,23-24,28-32,43H,11,18-22H2,1H3,(H,37,38,40,44)/t28-,29-,30-,31+,32-,48-/m1/s1. The van der Waals surface area contributed by atoms with Crippen molar-refractivity contribution in [3.8, 4) is 0 Å². The number of nitrogens with one attached hydrogen (secondary N) is 1. The second-order valence-corrected chi connectivity index (χ2v) is 18.7. The molecular weight excluding hydrogens is 655 g/mol. The van der Waals surface area contributed by atoms with E-state index >= 15 is 0 Å². The number of carbonyl (C=O) groups is 1. The topological polar surface area (TPSA) is 124 Å². The monoisotopic (exact) mass is 694 g/mol. The smallest absolute Gasteiger partial charge is 0.259 e. The van der Waals surface area contributed by atoms with Crippen LogP contribution in [0.4, 0.5) is 5.82 Å². The first-order chi connectivity index (χ1) is 24.0. The number of aliphatic hydroxyl groups is 1. The number of rotatable bonds is 10. The Morgan fingerprint density at radius 1 is 0.980 bits per heavy atom. The minimum atomic E-state index is -2.14.